The van der Waals surface area contributed by atoms with Crippen molar-refractivity contribution < 1.29 is 13.9 Å². The number of anilines is 2. The van der Waals surface area contributed by atoms with Gasteiger partial charge in [0.25, 0.3) is 5.91 Å². The van der Waals surface area contributed by atoms with Crippen molar-refractivity contribution in [2.24, 2.45) is 5.73 Å². The smallest absolute Gasteiger partial charge is 0.253 e. The number of rotatable bonds is 6. The molecule has 0 radical (unpaired) electrons. The van der Waals surface area contributed by atoms with E-state index >= 15 is 0 Å². The first-order valence-corrected chi connectivity index (χ1v) is 9.27. The largest absolute Gasteiger partial charge is 0.494 e. The van der Waals surface area contributed by atoms with Crippen LogP contribution in [0.2, 0.25) is 0 Å². The molecular formula is C23H22FN5O2. The molecule has 0 saturated carbocycles. The van der Waals surface area contributed by atoms with Crippen LogP contribution in [0.15, 0.2) is 60.9 Å². The molecule has 0 saturated heterocycles. The van der Waals surface area contributed by atoms with Gasteiger partial charge in [0, 0.05) is 23.3 Å². The summed E-state index contributed by atoms with van der Waals surface area (Å²) in [7, 11) is 0. The molecule has 1 amide bonds. The standard InChI is InChI=1S/C22H18FN5O2.CH4/c1-2-30-14-8-9-17-15(11-14)22(28-21(26-17)13-5-4-10-25-12-13)27-18-7-3-6-16(23)19(18)20(24)29;/h3-12H,2H2,1H3,(H2,24,29)(H,26,27,28);1H4. The van der Waals surface area contributed by atoms with Crippen LogP contribution in [0.5, 0.6) is 5.75 Å². The minimum Gasteiger partial charge on any atom is -0.494 e. The number of aromatic nitrogens is 3. The van der Waals surface area contributed by atoms with Crippen LogP contribution in [0.4, 0.5) is 15.9 Å². The molecule has 158 valence electrons. The molecule has 0 fully saturated rings. The second-order valence-electron chi connectivity index (χ2n) is 6.40. The summed E-state index contributed by atoms with van der Waals surface area (Å²) in [5.41, 5.74) is 6.71. The topological polar surface area (TPSA) is 103 Å². The Kier molecular flexibility index (Phi) is 6.40. The Morgan fingerprint density at radius 1 is 1.16 bits per heavy atom. The third-order valence-corrected chi connectivity index (χ3v) is 4.41. The molecule has 0 unspecified atom stereocenters. The normalized spacial score (nSPS) is 10.4. The van der Waals surface area contributed by atoms with Crippen molar-refractivity contribution in [3.05, 3.63) is 72.3 Å². The Hall–Kier alpha value is -4.07. The highest BCUT2D eigenvalue weighted by Gasteiger charge is 2.17. The molecule has 2 aromatic carbocycles. The number of benzene rings is 2. The van der Waals surface area contributed by atoms with E-state index in [9.17, 15) is 9.18 Å². The van der Waals surface area contributed by atoms with Crippen LogP contribution in [0, 0.1) is 5.82 Å². The third kappa shape index (κ3) is 4.42. The van der Waals surface area contributed by atoms with Crippen LogP contribution in [-0.2, 0) is 0 Å². The van der Waals surface area contributed by atoms with Gasteiger partial charge in [-0.1, -0.05) is 13.5 Å². The van der Waals surface area contributed by atoms with Gasteiger partial charge in [-0.05, 0) is 49.4 Å². The molecule has 0 bridgehead atoms. The van der Waals surface area contributed by atoms with E-state index in [1.807, 2.05) is 25.1 Å². The quantitative estimate of drug-likeness (QED) is 0.469. The fraction of sp³-hybridized carbons (Fsp3) is 0.130. The molecule has 0 spiro atoms. The maximum Gasteiger partial charge on any atom is 0.253 e. The summed E-state index contributed by atoms with van der Waals surface area (Å²) in [6.45, 7) is 2.38. The fourth-order valence-electron chi connectivity index (χ4n) is 3.09. The molecule has 0 aliphatic rings. The Balaban J connectivity index is 0.00000272. The van der Waals surface area contributed by atoms with Gasteiger partial charge < -0.3 is 15.8 Å². The number of fused-ring (bicyclic) bond motifs is 1. The molecule has 2 aromatic heterocycles. The van der Waals surface area contributed by atoms with E-state index in [0.717, 1.165) is 0 Å². The summed E-state index contributed by atoms with van der Waals surface area (Å²) in [4.78, 5) is 25.1. The summed E-state index contributed by atoms with van der Waals surface area (Å²) >= 11 is 0. The number of nitrogens with zero attached hydrogens (tertiary/aromatic N) is 3. The second kappa shape index (κ2) is 9.17. The van der Waals surface area contributed by atoms with Crippen molar-refractivity contribution in [3.8, 4) is 17.1 Å². The highest BCUT2D eigenvalue weighted by molar-refractivity contribution is 6.01. The fourth-order valence-corrected chi connectivity index (χ4v) is 3.09. The number of amides is 1. The maximum absolute atomic E-state index is 14.2. The second-order valence-corrected chi connectivity index (χ2v) is 6.40. The lowest BCUT2D eigenvalue weighted by atomic mass is 10.1. The molecule has 2 heterocycles. The summed E-state index contributed by atoms with van der Waals surface area (Å²) in [6, 6.07) is 13.3. The number of ether oxygens (including phenoxy) is 1. The lowest BCUT2D eigenvalue weighted by Crippen LogP contribution is -2.15. The average molecular weight is 419 g/mol. The zero-order valence-electron chi connectivity index (χ0n) is 16.1. The van der Waals surface area contributed by atoms with E-state index in [-0.39, 0.29) is 18.7 Å². The Bertz CT molecular complexity index is 1230. The summed E-state index contributed by atoms with van der Waals surface area (Å²) in [5, 5.41) is 3.70. The lowest BCUT2D eigenvalue weighted by molar-refractivity contribution is 0.0997. The van der Waals surface area contributed by atoms with E-state index in [4.69, 9.17) is 10.5 Å². The van der Waals surface area contributed by atoms with E-state index in [0.29, 0.717) is 40.5 Å². The van der Waals surface area contributed by atoms with Crippen molar-refractivity contribution in [3.63, 3.8) is 0 Å². The minimum absolute atomic E-state index is 0. The molecule has 7 nitrogen and oxygen atoms in total. The molecule has 3 N–H and O–H groups in total. The molecule has 4 rings (SSSR count). The first kappa shape index (κ1) is 21.6. The van der Waals surface area contributed by atoms with Gasteiger partial charge in [-0.2, -0.15) is 0 Å². The van der Waals surface area contributed by atoms with E-state index in [1.54, 1.807) is 30.6 Å². The predicted molar refractivity (Wildman–Crippen MR) is 119 cm³/mol. The molecule has 8 heteroatoms. The van der Waals surface area contributed by atoms with Crippen molar-refractivity contribution in [2.75, 3.05) is 11.9 Å². The van der Waals surface area contributed by atoms with Crippen LogP contribution in [0.25, 0.3) is 22.3 Å². The van der Waals surface area contributed by atoms with Gasteiger partial charge in [0.1, 0.15) is 17.4 Å². The van der Waals surface area contributed by atoms with Gasteiger partial charge in [-0.25, -0.2) is 14.4 Å². The van der Waals surface area contributed by atoms with Gasteiger partial charge in [0.05, 0.1) is 23.4 Å². The van der Waals surface area contributed by atoms with Gasteiger partial charge in [-0.15, -0.1) is 0 Å². The Morgan fingerprint density at radius 3 is 2.71 bits per heavy atom. The highest BCUT2D eigenvalue weighted by Crippen LogP contribution is 2.31. The summed E-state index contributed by atoms with van der Waals surface area (Å²) in [5.74, 6) is -0.141. The van der Waals surface area contributed by atoms with Crippen molar-refractivity contribution in [2.45, 2.75) is 14.4 Å². The van der Waals surface area contributed by atoms with Gasteiger partial charge >= 0.3 is 0 Å². The zero-order chi connectivity index (χ0) is 21.1. The molecular weight excluding hydrogens is 397 g/mol. The number of carbonyl (C=O) groups excluding carboxylic acids is 1. The van der Waals surface area contributed by atoms with E-state index < -0.39 is 11.7 Å². The number of hydrogen-bond acceptors (Lipinski definition) is 6. The minimum atomic E-state index is -0.878. The van der Waals surface area contributed by atoms with Gasteiger partial charge in [0.15, 0.2) is 5.82 Å². The first-order chi connectivity index (χ1) is 14.6. The monoisotopic (exact) mass is 419 g/mol. The van der Waals surface area contributed by atoms with Crippen molar-refractivity contribution in [1.82, 2.24) is 15.0 Å². The van der Waals surface area contributed by atoms with Gasteiger partial charge in [0.2, 0.25) is 0 Å². The maximum atomic E-state index is 14.2. The molecule has 0 aliphatic heterocycles. The SMILES string of the molecule is C.CCOc1ccc2nc(-c3cccnc3)nc(Nc3cccc(F)c3C(N)=O)c2c1. The third-order valence-electron chi connectivity index (χ3n) is 4.41. The molecule has 4 aromatic rings. The molecule has 0 atom stereocenters. The van der Waals surface area contributed by atoms with Crippen LogP contribution in [-0.4, -0.2) is 27.5 Å². The average Bonchev–Trinajstić information content (AvgIpc) is 2.74. The summed E-state index contributed by atoms with van der Waals surface area (Å²) < 4.78 is 19.8. The number of halogens is 1. The van der Waals surface area contributed by atoms with E-state index in [2.05, 4.69) is 20.3 Å². The molecule has 0 aliphatic carbocycles. The van der Waals surface area contributed by atoms with Crippen molar-refractivity contribution >= 4 is 28.3 Å². The van der Waals surface area contributed by atoms with Crippen LogP contribution in [0.1, 0.15) is 24.7 Å². The van der Waals surface area contributed by atoms with Crippen LogP contribution in [0.3, 0.4) is 0 Å². The Morgan fingerprint density at radius 2 is 2.00 bits per heavy atom. The van der Waals surface area contributed by atoms with Crippen LogP contribution < -0.4 is 15.8 Å². The number of nitrogens with two attached hydrogens (primary N) is 1. The van der Waals surface area contributed by atoms with E-state index in [1.165, 1.54) is 12.1 Å². The molecule has 31 heavy (non-hydrogen) atoms. The van der Waals surface area contributed by atoms with Crippen LogP contribution >= 0.6 is 0 Å². The first-order valence-electron chi connectivity index (χ1n) is 9.27. The lowest BCUT2D eigenvalue weighted by Gasteiger charge is -2.14. The number of carbonyl (C=O) groups is 1. The number of primary amides is 1. The number of nitrogens with one attached hydrogen (secondary N) is 1. The summed E-state index contributed by atoms with van der Waals surface area (Å²) in [6.07, 6.45) is 3.31. The van der Waals surface area contributed by atoms with Gasteiger partial charge in [-0.3, -0.25) is 9.78 Å². The zero-order valence-corrected chi connectivity index (χ0v) is 16.1. The predicted octanol–water partition coefficient (Wildman–Crippen LogP) is 4.71. The number of hydrogen-bond donors (Lipinski definition) is 2. The highest BCUT2D eigenvalue weighted by atomic mass is 19.1. The number of pyridine rings is 1. The van der Waals surface area contributed by atoms with Crippen molar-refractivity contribution in [1.29, 1.82) is 0 Å². The Labute approximate surface area is 179 Å².